The number of nitrogens with one attached hydrogen (secondary N) is 1. The van der Waals surface area contributed by atoms with Gasteiger partial charge in [0.15, 0.2) is 6.61 Å². The zero-order valence-corrected chi connectivity index (χ0v) is 16.0. The van der Waals surface area contributed by atoms with Crippen molar-refractivity contribution in [2.45, 2.75) is 31.0 Å². The molecule has 27 heavy (non-hydrogen) atoms. The molecule has 1 saturated heterocycles. The normalized spacial score (nSPS) is 20.5. The van der Waals surface area contributed by atoms with Crippen LogP contribution in [0.1, 0.15) is 24.2 Å². The van der Waals surface area contributed by atoms with Crippen molar-refractivity contribution in [2.75, 3.05) is 26.2 Å². The van der Waals surface area contributed by atoms with Gasteiger partial charge in [-0.15, -0.1) is 6.42 Å². The van der Waals surface area contributed by atoms with Gasteiger partial charge < -0.3 is 14.8 Å². The number of ether oxygens (including phenoxy) is 2. The van der Waals surface area contributed by atoms with Gasteiger partial charge >= 0.3 is 5.97 Å². The first-order valence-electron chi connectivity index (χ1n) is 8.37. The summed E-state index contributed by atoms with van der Waals surface area (Å²) in [7, 11) is -3.78. The quantitative estimate of drug-likeness (QED) is 0.553. The van der Waals surface area contributed by atoms with E-state index in [1.165, 1.54) is 28.6 Å². The highest BCUT2D eigenvalue weighted by atomic mass is 32.2. The fourth-order valence-electron chi connectivity index (χ4n) is 2.67. The van der Waals surface area contributed by atoms with Crippen LogP contribution < -0.4 is 5.32 Å². The van der Waals surface area contributed by atoms with Crippen molar-refractivity contribution >= 4 is 21.9 Å². The van der Waals surface area contributed by atoms with Gasteiger partial charge in [-0.05, 0) is 32.0 Å². The molecule has 1 amide bonds. The molecule has 146 valence electrons. The Hall–Kier alpha value is -2.41. The summed E-state index contributed by atoms with van der Waals surface area (Å²) < 4.78 is 37.5. The summed E-state index contributed by atoms with van der Waals surface area (Å²) in [4.78, 5) is 23.5. The zero-order valence-electron chi connectivity index (χ0n) is 15.2. The monoisotopic (exact) mass is 394 g/mol. The summed E-state index contributed by atoms with van der Waals surface area (Å²) in [5.41, 5.74) is 0.0372. The molecule has 0 radical (unpaired) electrons. The van der Waals surface area contributed by atoms with Crippen LogP contribution in [0.3, 0.4) is 0 Å². The smallest absolute Gasteiger partial charge is 0.338 e. The van der Waals surface area contributed by atoms with Crippen molar-refractivity contribution < 1.29 is 27.5 Å². The Morgan fingerprint density at radius 1 is 1.33 bits per heavy atom. The van der Waals surface area contributed by atoms with E-state index in [0.29, 0.717) is 0 Å². The molecule has 0 saturated carbocycles. The number of sulfonamides is 1. The van der Waals surface area contributed by atoms with Gasteiger partial charge in [-0.1, -0.05) is 12.0 Å². The lowest BCUT2D eigenvalue weighted by atomic mass is 10.2. The molecule has 1 N–H and O–H groups in total. The Labute approximate surface area is 158 Å². The van der Waals surface area contributed by atoms with Gasteiger partial charge in [-0.25, -0.2) is 13.2 Å². The SMILES string of the molecule is C#CCNC(=O)COC(=O)c1cccc(S(=O)(=O)N2C[C@@H](C)O[C@@H](C)C2)c1. The predicted molar refractivity (Wildman–Crippen MR) is 97.3 cm³/mol. The van der Waals surface area contributed by atoms with Gasteiger partial charge in [0.2, 0.25) is 10.0 Å². The maximum Gasteiger partial charge on any atom is 0.338 e. The maximum absolute atomic E-state index is 12.9. The minimum absolute atomic E-state index is 0.0185. The molecule has 0 bridgehead atoms. The van der Waals surface area contributed by atoms with Crippen LogP contribution in [0.2, 0.25) is 0 Å². The summed E-state index contributed by atoms with van der Waals surface area (Å²) >= 11 is 0. The highest BCUT2D eigenvalue weighted by Gasteiger charge is 2.32. The second-order valence-electron chi connectivity index (χ2n) is 6.16. The van der Waals surface area contributed by atoms with Gasteiger partial charge in [0, 0.05) is 13.1 Å². The minimum Gasteiger partial charge on any atom is -0.452 e. The number of rotatable bonds is 6. The highest BCUT2D eigenvalue weighted by Crippen LogP contribution is 2.22. The van der Waals surface area contributed by atoms with Crippen molar-refractivity contribution in [3.8, 4) is 12.3 Å². The Balaban J connectivity index is 2.11. The predicted octanol–water partition coefficient (Wildman–Crippen LogP) is 0.391. The fourth-order valence-corrected chi connectivity index (χ4v) is 4.31. The number of morpholine rings is 1. The molecule has 0 aromatic heterocycles. The number of carbonyl (C=O) groups excluding carboxylic acids is 2. The molecular formula is C18H22N2O6S. The molecule has 2 atom stereocenters. The molecule has 1 aromatic carbocycles. The Kier molecular flexibility index (Phi) is 6.96. The van der Waals surface area contributed by atoms with E-state index in [1.807, 2.05) is 0 Å². The summed E-state index contributed by atoms with van der Waals surface area (Å²) in [5.74, 6) is 0.887. The standard InChI is InChI=1S/C18H22N2O6S/c1-4-8-19-17(21)12-25-18(22)15-6-5-7-16(9-15)27(23,24)20-10-13(2)26-14(3)11-20/h1,5-7,9,13-14H,8,10-12H2,2-3H3,(H,19,21)/t13-,14+. The third-order valence-electron chi connectivity index (χ3n) is 3.82. The third kappa shape index (κ3) is 5.53. The fraction of sp³-hybridized carbons (Fsp3) is 0.444. The summed E-state index contributed by atoms with van der Waals surface area (Å²) in [6.07, 6.45) is 4.57. The van der Waals surface area contributed by atoms with E-state index < -0.39 is 28.5 Å². The van der Waals surface area contributed by atoms with Crippen LogP contribution in [0.15, 0.2) is 29.2 Å². The van der Waals surface area contributed by atoms with Crippen LogP contribution in [0.5, 0.6) is 0 Å². The van der Waals surface area contributed by atoms with Gasteiger partial charge in [-0.2, -0.15) is 4.31 Å². The van der Waals surface area contributed by atoms with Crippen molar-refractivity contribution in [1.82, 2.24) is 9.62 Å². The summed E-state index contributed by atoms with van der Waals surface area (Å²) in [6, 6.07) is 5.53. The van der Waals surface area contributed by atoms with Gasteiger partial charge in [0.25, 0.3) is 5.91 Å². The van der Waals surface area contributed by atoms with Crippen molar-refractivity contribution in [3.63, 3.8) is 0 Å². The van der Waals surface area contributed by atoms with Gasteiger partial charge in [0.1, 0.15) is 0 Å². The minimum atomic E-state index is -3.78. The van der Waals surface area contributed by atoms with E-state index in [2.05, 4.69) is 11.2 Å². The van der Waals surface area contributed by atoms with E-state index in [4.69, 9.17) is 15.9 Å². The topological polar surface area (TPSA) is 102 Å². The van der Waals surface area contributed by atoms with Crippen molar-refractivity contribution in [2.24, 2.45) is 0 Å². The van der Waals surface area contributed by atoms with Crippen molar-refractivity contribution in [1.29, 1.82) is 0 Å². The highest BCUT2D eigenvalue weighted by molar-refractivity contribution is 7.89. The largest absolute Gasteiger partial charge is 0.452 e. The molecule has 1 aliphatic rings. The Morgan fingerprint density at radius 3 is 2.63 bits per heavy atom. The number of amides is 1. The molecule has 1 heterocycles. The van der Waals surface area contributed by atoms with Gasteiger partial charge in [0.05, 0.1) is 29.2 Å². The number of carbonyl (C=O) groups is 2. The molecule has 9 heteroatoms. The number of hydrogen-bond donors (Lipinski definition) is 1. The summed E-state index contributed by atoms with van der Waals surface area (Å²) in [5, 5.41) is 2.36. The molecule has 1 fully saturated rings. The average molecular weight is 394 g/mol. The second kappa shape index (κ2) is 8.99. The van der Waals surface area contributed by atoms with E-state index in [9.17, 15) is 18.0 Å². The Bertz CT molecular complexity index is 836. The first kappa shape index (κ1) is 20.9. The third-order valence-corrected chi connectivity index (χ3v) is 5.64. The van der Waals surface area contributed by atoms with Crippen LogP contribution in [-0.2, 0) is 24.3 Å². The zero-order chi connectivity index (χ0) is 20.0. The first-order chi connectivity index (χ1) is 12.7. The molecule has 0 aliphatic carbocycles. The summed E-state index contributed by atoms with van der Waals surface area (Å²) in [6.45, 7) is 3.60. The molecule has 2 rings (SSSR count). The average Bonchev–Trinajstić information content (AvgIpc) is 2.63. The number of esters is 1. The van der Waals surface area contributed by atoms with Crippen LogP contribution in [0.25, 0.3) is 0 Å². The van der Waals surface area contributed by atoms with E-state index >= 15 is 0 Å². The van der Waals surface area contributed by atoms with Crippen LogP contribution >= 0.6 is 0 Å². The number of terminal acetylenes is 1. The van der Waals surface area contributed by atoms with E-state index in [0.717, 1.165) is 0 Å². The molecular weight excluding hydrogens is 372 g/mol. The van der Waals surface area contributed by atoms with Crippen LogP contribution in [-0.4, -0.2) is 63.0 Å². The van der Waals surface area contributed by atoms with E-state index in [1.54, 1.807) is 13.8 Å². The molecule has 8 nitrogen and oxygen atoms in total. The lowest BCUT2D eigenvalue weighted by Crippen LogP contribution is -2.48. The molecule has 1 aromatic rings. The lowest BCUT2D eigenvalue weighted by molar-refractivity contribution is -0.123. The first-order valence-corrected chi connectivity index (χ1v) is 9.81. The maximum atomic E-state index is 12.9. The number of nitrogens with zero attached hydrogens (tertiary/aromatic N) is 1. The van der Waals surface area contributed by atoms with Crippen LogP contribution in [0, 0.1) is 12.3 Å². The van der Waals surface area contributed by atoms with Crippen molar-refractivity contribution in [3.05, 3.63) is 29.8 Å². The molecule has 0 unspecified atom stereocenters. The second-order valence-corrected chi connectivity index (χ2v) is 8.10. The van der Waals surface area contributed by atoms with E-state index in [-0.39, 0.29) is 42.3 Å². The molecule has 1 aliphatic heterocycles. The van der Waals surface area contributed by atoms with Gasteiger partial charge in [-0.3, -0.25) is 4.79 Å². The van der Waals surface area contributed by atoms with Crippen LogP contribution in [0.4, 0.5) is 0 Å². The lowest BCUT2D eigenvalue weighted by Gasteiger charge is -2.34. The molecule has 0 spiro atoms. The Morgan fingerprint density at radius 2 is 2.00 bits per heavy atom. The number of benzene rings is 1. The number of hydrogen-bond acceptors (Lipinski definition) is 6.